The van der Waals surface area contributed by atoms with Gasteiger partial charge in [0.2, 0.25) is 0 Å². The maximum absolute atomic E-state index is 12.0. The van der Waals surface area contributed by atoms with Crippen LogP contribution in [0.4, 0.5) is 0 Å². The van der Waals surface area contributed by atoms with E-state index in [-0.39, 0.29) is 11.9 Å². The molecular formula is C49H94O3. The molecule has 0 amide bonds. The standard InChI is InChI=1S/C49H94O3/c1-3-5-7-9-11-13-15-17-19-21-23-24-25-26-27-29-31-33-35-37-39-41-43-45-47-49(51)52-48(50)46-44-42-40-38-36-34-32-30-28-22-20-18-16-14-12-10-8-6-4-2/h18,20H,3-17,19,21-47H2,1-2H3/b20-18-. The number of hydrogen-bond donors (Lipinski definition) is 0. The number of ether oxygens (including phenoxy) is 1. The van der Waals surface area contributed by atoms with Gasteiger partial charge in [-0.05, 0) is 38.5 Å². The maximum Gasteiger partial charge on any atom is 0.313 e. The van der Waals surface area contributed by atoms with Crippen LogP contribution >= 0.6 is 0 Å². The Hall–Kier alpha value is -1.12. The molecule has 0 unspecified atom stereocenters. The fourth-order valence-electron chi connectivity index (χ4n) is 7.51. The number of hydrogen-bond acceptors (Lipinski definition) is 3. The average Bonchev–Trinajstić information content (AvgIpc) is 3.14. The summed E-state index contributed by atoms with van der Waals surface area (Å²) in [5.74, 6) is -0.646. The number of allylic oxidation sites excluding steroid dienone is 2. The molecule has 0 heterocycles. The molecule has 0 N–H and O–H groups in total. The zero-order valence-corrected chi connectivity index (χ0v) is 35.8. The lowest BCUT2D eigenvalue weighted by molar-refractivity contribution is -0.159. The van der Waals surface area contributed by atoms with E-state index in [1.807, 2.05) is 0 Å². The zero-order chi connectivity index (χ0) is 37.7. The van der Waals surface area contributed by atoms with E-state index < -0.39 is 0 Å². The largest absolute Gasteiger partial charge is 0.393 e. The Balaban J connectivity index is 3.26. The van der Waals surface area contributed by atoms with E-state index in [9.17, 15) is 9.59 Å². The van der Waals surface area contributed by atoms with E-state index in [1.54, 1.807) is 0 Å². The van der Waals surface area contributed by atoms with E-state index in [4.69, 9.17) is 4.74 Å². The van der Waals surface area contributed by atoms with Crippen LogP contribution in [0.15, 0.2) is 12.2 Å². The molecule has 0 aliphatic heterocycles. The predicted octanol–water partition coefficient (Wildman–Crippen LogP) is 17.4. The molecular weight excluding hydrogens is 637 g/mol. The molecule has 3 heteroatoms. The van der Waals surface area contributed by atoms with Gasteiger partial charge in [-0.2, -0.15) is 0 Å². The quantitative estimate of drug-likeness (QED) is 0.0271. The summed E-state index contributed by atoms with van der Waals surface area (Å²) < 4.78 is 5.06. The van der Waals surface area contributed by atoms with Gasteiger partial charge < -0.3 is 4.74 Å². The first-order valence-electron chi connectivity index (χ1n) is 24.1. The second kappa shape index (κ2) is 46.0. The molecule has 0 aliphatic carbocycles. The minimum Gasteiger partial charge on any atom is -0.393 e. The summed E-state index contributed by atoms with van der Waals surface area (Å²) in [4.78, 5) is 24.1. The molecule has 0 bridgehead atoms. The number of unbranched alkanes of at least 4 members (excludes halogenated alkanes) is 38. The molecule has 3 nitrogen and oxygen atoms in total. The molecule has 0 saturated heterocycles. The Labute approximate surface area is 327 Å². The molecule has 0 rings (SSSR count). The van der Waals surface area contributed by atoms with E-state index in [2.05, 4.69) is 26.0 Å². The van der Waals surface area contributed by atoms with Crippen LogP contribution in [0.2, 0.25) is 0 Å². The Morgan fingerprint density at radius 2 is 0.481 bits per heavy atom. The lowest BCUT2D eigenvalue weighted by Crippen LogP contribution is -2.11. The smallest absolute Gasteiger partial charge is 0.313 e. The van der Waals surface area contributed by atoms with Gasteiger partial charge in [-0.3, -0.25) is 9.59 Å². The van der Waals surface area contributed by atoms with Gasteiger partial charge in [0.1, 0.15) is 0 Å². The second-order valence-corrected chi connectivity index (χ2v) is 16.5. The molecule has 0 saturated carbocycles. The van der Waals surface area contributed by atoms with Crippen LogP contribution in [0.1, 0.15) is 290 Å². The van der Waals surface area contributed by atoms with Gasteiger partial charge in [0, 0.05) is 12.8 Å². The van der Waals surface area contributed by atoms with Crippen LogP contribution in [0.25, 0.3) is 0 Å². The number of rotatable bonds is 44. The summed E-state index contributed by atoms with van der Waals surface area (Å²) in [6, 6.07) is 0. The van der Waals surface area contributed by atoms with Crippen molar-refractivity contribution in [2.45, 2.75) is 290 Å². The third-order valence-electron chi connectivity index (χ3n) is 11.1. The molecule has 52 heavy (non-hydrogen) atoms. The molecule has 308 valence electrons. The summed E-state index contributed by atoms with van der Waals surface area (Å²) >= 11 is 0. The van der Waals surface area contributed by atoms with Crippen molar-refractivity contribution in [1.29, 1.82) is 0 Å². The molecule has 0 atom stereocenters. The maximum atomic E-state index is 12.0. The predicted molar refractivity (Wildman–Crippen MR) is 230 cm³/mol. The highest BCUT2D eigenvalue weighted by Crippen LogP contribution is 2.17. The SMILES string of the molecule is CCCCCCCC/C=C\CCCCCCCCCCCC(=O)OC(=O)CCCCCCCCCCCCCCCCCCCCCCCCCC. The van der Waals surface area contributed by atoms with Crippen LogP contribution in [-0.4, -0.2) is 11.9 Å². The van der Waals surface area contributed by atoms with Crippen molar-refractivity contribution in [3.63, 3.8) is 0 Å². The minimum atomic E-state index is -0.324. The average molecular weight is 731 g/mol. The molecule has 0 aromatic rings. The molecule has 0 radical (unpaired) electrons. The summed E-state index contributed by atoms with van der Waals surface area (Å²) in [6.45, 7) is 4.58. The number of esters is 2. The minimum absolute atomic E-state index is 0.322. The third kappa shape index (κ3) is 45.0. The molecule has 0 spiro atoms. The third-order valence-corrected chi connectivity index (χ3v) is 11.1. The summed E-state index contributed by atoms with van der Waals surface area (Å²) in [6.07, 6.45) is 60.3. The molecule has 0 fully saturated rings. The van der Waals surface area contributed by atoms with Gasteiger partial charge in [-0.15, -0.1) is 0 Å². The number of carbonyl (C=O) groups is 2. The molecule has 0 aromatic heterocycles. The fourth-order valence-corrected chi connectivity index (χ4v) is 7.51. The Kier molecular flexibility index (Phi) is 45.0. The first-order valence-corrected chi connectivity index (χ1v) is 24.1. The second-order valence-electron chi connectivity index (χ2n) is 16.5. The van der Waals surface area contributed by atoms with Gasteiger partial charge in [0.25, 0.3) is 0 Å². The monoisotopic (exact) mass is 731 g/mol. The zero-order valence-electron chi connectivity index (χ0n) is 35.8. The van der Waals surface area contributed by atoms with Crippen LogP contribution < -0.4 is 0 Å². The highest BCUT2D eigenvalue weighted by atomic mass is 16.6. The summed E-state index contributed by atoms with van der Waals surface area (Å²) in [7, 11) is 0. The van der Waals surface area contributed by atoms with E-state index in [0.29, 0.717) is 12.8 Å². The van der Waals surface area contributed by atoms with Crippen molar-refractivity contribution in [2.75, 3.05) is 0 Å². The van der Waals surface area contributed by atoms with Gasteiger partial charge in [0.05, 0.1) is 0 Å². The van der Waals surface area contributed by atoms with Crippen molar-refractivity contribution < 1.29 is 14.3 Å². The van der Waals surface area contributed by atoms with Gasteiger partial charge in [-0.25, -0.2) is 0 Å². The Bertz CT molecular complexity index is 728. The van der Waals surface area contributed by atoms with Crippen LogP contribution in [0.5, 0.6) is 0 Å². The lowest BCUT2D eigenvalue weighted by Gasteiger charge is -2.05. The lowest BCUT2D eigenvalue weighted by atomic mass is 10.0. The first kappa shape index (κ1) is 50.9. The van der Waals surface area contributed by atoms with Gasteiger partial charge >= 0.3 is 11.9 Å². The van der Waals surface area contributed by atoms with Gasteiger partial charge in [0.15, 0.2) is 0 Å². The normalized spacial score (nSPS) is 11.6. The van der Waals surface area contributed by atoms with Crippen molar-refractivity contribution >= 4 is 11.9 Å². The highest BCUT2D eigenvalue weighted by molar-refractivity contribution is 5.85. The van der Waals surface area contributed by atoms with Crippen LogP contribution in [0, 0.1) is 0 Å². The molecule has 0 aromatic carbocycles. The van der Waals surface area contributed by atoms with Crippen molar-refractivity contribution in [3.05, 3.63) is 12.2 Å². The highest BCUT2D eigenvalue weighted by Gasteiger charge is 2.10. The van der Waals surface area contributed by atoms with E-state index in [0.717, 1.165) is 25.7 Å². The van der Waals surface area contributed by atoms with Gasteiger partial charge in [-0.1, -0.05) is 251 Å². The van der Waals surface area contributed by atoms with Crippen molar-refractivity contribution in [1.82, 2.24) is 0 Å². The van der Waals surface area contributed by atoms with Crippen LogP contribution in [-0.2, 0) is 14.3 Å². The van der Waals surface area contributed by atoms with Crippen molar-refractivity contribution in [3.8, 4) is 0 Å². The summed E-state index contributed by atoms with van der Waals surface area (Å²) in [5.41, 5.74) is 0. The fraction of sp³-hybridized carbons (Fsp3) is 0.918. The topological polar surface area (TPSA) is 43.4 Å². The Morgan fingerprint density at radius 1 is 0.288 bits per heavy atom. The first-order chi connectivity index (χ1) is 25.7. The van der Waals surface area contributed by atoms with Crippen LogP contribution in [0.3, 0.4) is 0 Å². The van der Waals surface area contributed by atoms with E-state index in [1.165, 1.54) is 238 Å². The Morgan fingerprint density at radius 3 is 0.712 bits per heavy atom. The molecule has 0 aliphatic rings. The number of carbonyl (C=O) groups excluding carboxylic acids is 2. The van der Waals surface area contributed by atoms with E-state index >= 15 is 0 Å². The summed E-state index contributed by atoms with van der Waals surface area (Å²) in [5, 5.41) is 0. The van der Waals surface area contributed by atoms with Crippen molar-refractivity contribution in [2.24, 2.45) is 0 Å².